The molecular weight excluding hydrogens is 422 g/mol. The van der Waals surface area contributed by atoms with Gasteiger partial charge in [0.15, 0.2) is 5.13 Å². The molecule has 8 heteroatoms. The predicted octanol–water partition coefficient (Wildman–Crippen LogP) is 4.37. The number of aryl methyl sites for hydroxylation is 3. The second-order valence-corrected chi connectivity index (χ2v) is 9.82. The second-order valence-electron chi connectivity index (χ2n) is 8.85. The maximum atomic E-state index is 13.8. The van der Waals surface area contributed by atoms with Crippen molar-refractivity contribution in [1.82, 2.24) is 19.7 Å². The first-order valence-corrected chi connectivity index (χ1v) is 12.2. The third kappa shape index (κ3) is 4.72. The van der Waals surface area contributed by atoms with Gasteiger partial charge in [-0.1, -0.05) is 23.5 Å². The first-order valence-electron chi connectivity index (χ1n) is 11.4. The Bertz CT molecular complexity index is 1060. The lowest BCUT2D eigenvalue weighted by Gasteiger charge is -2.28. The number of benzene rings is 1. The molecule has 2 aromatic heterocycles. The number of aromatic nitrogens is 3. The number of fused-ring (bicyclic) bond motifs is 1. The number of anilines is 1. The number of amides is 1. The van der Waals surface area contributed by atoms with Crippen molar-refractivity contribution in [2.24, 2.45) is 0 Å². The first kappa shape index (κ1) is 22.9. The van der Waals surface area contributed by atoms with E-state index in [-0.39, 0.29) is 11.9 Å². The minimum atomic E-state index is -0.0318. The zero-order valence-corrected chi connectivity index (χ0v) is 20.5. The summed E-state index contributed by atoms with van der Waals surface area (Å²) in [4.78, 5) is 23.0. The average Bonchev–Trinajstić information content (AvgIpc) is 3.39. The van der Waals surface area contributed by atoms with Gasteiger partial charge in [-0.3, -0.25) is 19.3 Å². The van der Waals surface area contributed by atoms with Crippen molar-refractivity contribution in [3.63, 3.8) is 0 Å². The van der Waals surface area contributed by atoms with Crippen molar-refractivity contribution in [1.29, 1.82) is 0 Å². The number of hydrogen-bond donors (Lipinski definition) is 0. The summed E-state index contributed by atoms with van der Waals surface area (Å²) in [5.41, 5.74) is 4.79. The minimum Gasteiger partial charge on any atom is -0.379 e. The Morgan fingerprint density at radius 2 is 1.91 bits per heavy atom. The standard InChI is InChI=1S/C24H33N5O2S/c1-16(2)29-20(15-19(5)26-29)23(30)28(10-6-9-27-11-13-31-14-12-27)24-25-21-17(3)7-8-18(4)22(21)32-24/h7-8,15-16H,6,9-14H2,1-5H3. The SMILES string of the molecule is Cc1cc(C(=O)N(CCCN2CCOCC2)c2nc3c(C)ccc(C)c3s2)n(C(C)C)n1. The van der Waals surface area contributed by atoms with Crippen LogP contribution in [0.3, 0.4) is 0 Å². The molecule has 0 unspecified atom stereocenters. The van der Waals surface area contributed by atoms with Crippen molar-refractivity contribution in [3.8, 4) is 0 Å². The van der Waals surface area contributed by atoms with Gasteiger partial charge in [0.05, 0.1) is 29.1 Å². The van der Waals surface area contributed by atoms with E-state index in [9.17, 15) is 4.79 Å². The molecular formula is C24H33N5O2S. The van der Waals surface area contributed by atoms with Crippen LogP contribution in [-0.4, -0.2) is 65.0 Å². The largest absolute Gasteiger partial charge is 0.379 e. The number of hydrogen-bond acceptors (Lipinski definition) is 6. The van der Waals surface area contributed by atoms with Crippen LogP contribution < -0.4 is 4.90 Å². The Kier molecular flexibility index (Phi) is 6.93. The summed E-state index contributed by atoms with van der Waals surface area (Å²) in [6.45, 7) is 15.3. The van der Waals surface area contributed by atoms with Gasteiger partial charge in [-0.25, -0.2) is 4.98 Å². The van der Waals surface area contributed by atoms with Gasteiger partial charge in [0.2, 0.25) is 0 Å². The second kappa shape index (κ2) is 9.68. The van der Waals surface area contributed by atoms with Crippen LogP contribution in [0.25, 0.3) is 10.2 Å². The molecule has 0 bridgehead atoms. The predicted molar refractivity (Wildman–Crippen MR) is 130 cm³/mol. The summed E-state index contributed by atoms with van der Waals surface area (Å²) in [6, 6.07) is 6.23. The highest BCUT2D eigenvalue weighted by Gasteiger charge is 2.26. The van der Waals surface area contributed by atoms with Gasteiger partial charge >= 0.3 is 0 Å². The van der Waals surface area contributed by atoms with E-state index >= 15 is 0 Å². The first-order chi connectivity index (χ1) is 15.3. The third-order valence-corrected chi connectivity index (χ3v) is 7.15. The fourth-order valence-corrected chi connectivity index (χ4v) is 5.27. The highest BCUT2D eigenvalue weighted by Crippen LogP contribution is 2.34. The minimum absolute atomic E-state index is 0.0318. The zero-order valence-electron chi connectivity index (χ0n) is 19.7. The fraction of sp³-hybridized carbons (Fsp3) is 0.542. The van der Waals surface area contributed by atoms with E-state index in [1.165, 1.54) is 5.56 Å². The number of carbonyl (C=O) groups excluding carboxylic acids is 1. The topological polar surface area (TPSA) is 63.5 Å². The Balaban J connectivity index is 1.66. The van der Waals surface area contributed by atoms with Gasteiger partial charge in [-0.15, -0.1) is 0 Å². The number of morpholine rings is 1. The van der Waals surface area contributed by atoms with E-state index in [1.54, 1.807) is 11.3 Å². The molecule has 0 spiro atoms. The van der Waals surface area contributed by atoms with Crippen LogP contribution in [0.2, 0.25) is 0 Å². The van der Waals surface area contributed by atoms with Crippen molar-refractivity contribution in [2.45, 2.75) is 47.1 Å². The van der Waals surface area contributed by atoms with Gasteiger partial charge < -0.3 is 4.74 Å². The van der Waals surface area contributed by atoms with Crippen LogP contribution in [0, 0.1) is 20.8 Å². The quantitative estimate of drug-likeness (QED) is 0.529. The van der Waals surface area contributed by atoms with Crippen LogP contribution in [0.1, 0.15) is 53.6 Å². The van der Waals surface area contributed by atoms with Crippen molar-refractivity contribution in [3.05, 3.63) is 40.7 Å². The summed E-state index contributed by atoms with van der Waals surface area (Å²) in [7, 11) is 0. The number of carbonyl (C=O) groups is 1. The molecule has 172 valence electrons. The Hall–Kier alpha value is -2.29. The molecule has 1 amide bonds. The van der Waals surface area contributed by atoms with Gasteiger partial charge in [0, 0.05) is 32.2 Å². The number of nitrogens with zero attached hydrogens (tertiary/aromatic N) is 5. The smallest absolute Gasteiger partial charge is 0.278 e. The highest BCUT2D eigenvalue weighted by atomic mass is 32.1. The molecule has 4 rings (SSSR count). The lowest BCUT2D eigenvalue weighted by atomic mass is 10.1. The van der Waals surface area contributed by atoms with E-state index in [1.807, 2.05) is 22.6 Å². The monoisotopic (exact) mass is 455 g/mol. The number of ether oxygens (including phenoxy) is 1. The molecule has 1 aliphatic heterocycles. The zero-order chi connectivity index (χ0) is 22.8. The van der Waals surface area contributed by atoms with Crippen molar-refractivity contribution < 1.29 is 9.53 Å². The third-order valence-electron chi connectivity index (χ3n) is 5.93. The van der Waals surface area contributed by atoms with Crippen LogP contribution in [0.15, 0.2) is 18.2 Å². The Morgan fingerprint density at radius 1 is 1.19 bits per heavy atom. The molecule has 7 nitrogen and oxygen atoms in total. The van der Waals surface area contributed by atoms with E-state index < -0.39 is 0 Å². The van der Waals surface area contributed by atoms with E-state index in [2.05, 4.69) is 49.8 Å². The fourth-order valence-electron chi connectivity index (χ4n) is 4.13. The molecule has 0 atom stereocenters. The van der Waals surface area contributed by atoms with Crippen LogP contribution >= 0.6 is 11.3 Å². The molecule has 0 aliphatic carbocycles. The molecule has 1 aliphatic rings. The van der Waals surface area contributed by atoms with Crippen LogP contribution in [-0.2, 0) is 4.74 Å². The van der Waals surface area contributed by atoms with Gasteiger partial charge in [0.25, 0.3) is 5.91 Å². The van der Waals surface area contributed by atoms with Crippen LogP contribution in [0.5, 0.6) is 0 Å². The number of rotatable bonds is 7. The van der Waals surface area contributed by atoms with Crippen molar-refractivity contribution >= 4 is 32.6 Å². The highest BCUT2D eigenvalue weighted by molar-refractivity contribution is 7.22. The molecule has 0 radical (unpaired) electrons. The number of thiazole rings is 1. The summed E-state index contributed by atoms with van der Waals surface area (Å²) < 4.78 is 8.44. The van der Waals surface area contributed by atoms with Crippen LogP contribution in [0.4, 0.5) is 5.13 Å². The lowest BCUT2D eigenvalue weighted by molar-refractivity contribution is 0.0376. The molecule has 0 saturated carbocycles. The summed E-state index contributed by atoms with van der Waals surface area (Å²) in [5, 5.41) is 5.32. The maximum absolute atomic E-state index is 13.8. The van der Waals surface area contributed by atoms with E-state index in [0.717, 1.165) is 65.9 Å². The molecule has 0 N–H and O–H groups in total. The van der Waals surface area contributed by atoms with Gasteiger partial charge in [-0.05, 0) is 58.2 Å². The Labute approximate surface area is 194 Å². The van der Waals surface area contributed by atoms with Crippen molar-refractivity contribution in [2.75, 3.05) is 44.3 Å². The van der Waals surface area contributed by atoms with E-state index in [0.29, 0.717) is 12.2 Å². The normalized spacial score (nSPS) is 15.1. The molecule has 1 aromatic carbocycles. The molecule has 3 heterocycles. The summed E-state index contributed by atoms with van der Waals surface area (Å²) in [5.74, 6) is -0.0318. The summed E-state index contributed by atoms with van der Waals surface area (Å²) >= 11 is 1.61. The molecule has 32 heavy (non-hydrogen) atoms. The van der Waals surface area contributed by atoms with E-state index in [4.69, 9.17) is 9.72 Å². The molecule has 1 fully saturated rings. The maximum Gasteiger partial charge on any atom is 0.278 e. The molecule has 1 saturated heterocycles. The average molecular weight is 456 g/mol. The Morgan fingerprint density at radius 3 is 2.59 bits per heavy atom. The van der Waals surface area contributed by atoms with Gasteiger partial charge in [-0.2, -0.15) is 5.10 Å². The summed E-state index contributed by atoms with van der Waals surface area (Å²) in [6.07, 6.45) is 0.883. The van der Waals surface area contributed by atoms with Gasteiger partial charge in [0.1, 0.15) is 5.69 Å². The lowest BCUT2D eigenvalue weighted by Crippen LogP contribution is -2.39. The molecule has 3 aromatic rings.